The smallest absolute Gasteiger partial charge is 0.350 e. The second kappa shape index (κ2) is 7.59. The number of anilines is 1. The summed E-state index contributed by atoms with van der Waals surface area (Å²) in [5, 5.41) is 5.64. The van der Waals surface area contributed by atoms with Crippen molar-refractivity contribution in [1.82, 2.24) is 4.90 Å². The average Bonchev–Trinajstić information content (AvgIpc) is 3.10. The Labute approximate surface area is 150 Å². The molecule has 4 nitrogen and oxygen atoms in total. The van der Waals surface area contributed by atoms with E-state index in [1.807, 2.05) is 17.5 Å². The van der Waals surface area contributed by atoms with Crippen LogP contribution in [0.3, 0.4) is 0 Å². The van der Waals surface area contributed by atoms with Crippen LogP contribution < -0.4 is 5.32 Å². The van der Waals surface area contributed by atoms with Gasteiger partial charge in [0, 0.05) is 13.1 Å². The van der Waals surface area contributed by atoms with E-state index in [0.29, 0.717) is 15.7 Å². The number of esters is 1. The van der Waals surface area contributed by atoms with Crippen molar-refractivity contribution >= 4 is 45.9 Å². The number of nitrogens with zero attached hydrogens (tertiary/aromatic N) is 1. The van der Waals surface area contributed by atoms with E-state index in [4.69, 9.17) is 17.0 Å². The molecular weight excluding hydrogens is 340 g/mol. The third-order valence-corrected chi connectivity index (χ3v) is 5.17. The Bertz CT molecular complexity index is 768. The lowest BCUT2D eigenvalue weighted by molar-refractivity contribution is 0.0607. The van der Waals surface area contributed by atoms with Crippen molar-refractivity contribution < 1.29 is 9.53 Å². The zero-order valence-corrected chi connectivity index (χ0v) is 15.0. The first kappa shape index (κ1) is 16.7. The largest absolute Gasteiger partial charge is 0.465 e. The number of carbonyl (C=O) groups is 1. The van der Waals surface area contributed by atoms with Crippen LogP contribution in [0.5, 0.6) is 0 Å². The summed E-state index contributed by atoms with van der Waals surface area (Å²) in [6.07, 6.45) is 3.15. The number of thiophene rings is 1. The lowest BCUT2D eigenvalue weighted by atomic mass is 10.00. The van der Waals surface area contributed by atoms with Crippen LogP contribution in [0.25, 0.3) is 5.57 Å². The molecule has 1 N–H and O–H groups in total. The van der Waals surface area contributed by atoms with Gasteiger partial charge in [0.15, 0.2) is 5.11 Å². The van der Waals surface area contributed by atoms with Gasteiger partial charge in [0.25, 0.3) is 0 Å². The molecule has 0 saturated carbocycles. The first-order chi connectivity index (χ1) is 11.7. The van der Waals surface area contributed by atoms with Crippen LogP contribution in [0.2, 0.25) is 0 Å². The fourth-order valence-electron chi connectivity index (χ4n) is 2.62. The molecule has 1 aliphatic heterocycles. The summed E-state index contributed by atoms with van der Waals surface area (Å²) in [4.78, 5) is 14.4. The quantitative estimate of drug-likeness (QED) is 0.663. The molecule has 0 amide bonds. The Kier molecular flexibility index (Phi) is 5.27. The van der Waals surface area contributed by atoms with Gasteiger partial charge in [-0.15, -0.1) is 11.3 Å². The SMILES string of the molecule is COC(=O)c1sccc1NC(=S)N1CC=C(c2ccccc2)CC1. The van der Waals surface area contributed by atoms with Crippen molar-refractivity contribution in [2.45, 2.75) is 6.42 Å². The standard InChI is InChI=1S/C18H18N2O2S2/c1-22-17(21)16-15(9-12-24-16)19-18(23)20-10-7-14(8-11-20)13-5-3-2-4-6-13/h2-7,9,12H,8,10-11H2,1H3,(H,19,23). The number of ether oxygens (including phenoxy) is 1. The summed E-state index contributed by atoms with van der Waals surface area (Å²) in [7, 11) is 1.38. The minimum Gasteiger partial charge on any atom is -0.465 e. The average molecular weight is 358 g/mol. The van der Waals surface area contributed by atoms with Crippen molar-refractivity contribution in [1.29, 1.82) is 0 Å². The van der Waals surface area contributed by atoms with Crippen LogP contribution >= 0.6 is 23.6 Å². The summed E-state index contributed by atoms with van der Waals surface area (Å²) < 4.78 is 4.79. The van der Waals surface area contributed by atoms with Gasteiger partial charge in [-0.05, 0) is 41.2 Å². The third-order valence-electron chi connectivity index (χ3n) is 3.92. The second-order valence-electron chi connectivity index (χ2n) is 5.38. The summed E-state index contributed by atoms with van der Waals surface area (Å²) in [5.74, 6) is -0.347. The summed E-state index contributed by atoms with van der Waals surface area (Å²) in [6.45, 7) is 1.61. The maximum Gasteiger partial charge on any atom is 0.350 e. The molecule has 124 valence electrons. The molecular formula is C18H18N2O2S2. The van der Waals surface area contributed by atoms with Crippen LogP contribution in [-0.2, 0) is 4.74 Å². The Hall–Kier alpha value is -2.18. The van der Waals surface area contributed by atoms with Gasteiger partial charge in [-0.1, -0.05) is 36.4 Å². The molecule has 1 aromatic heterocycles. The Morgan fingerprint density at radius 1 is 1.29 bits per heavy atom. The van der Waals surface area contributed by atoms with Crippen molar-refractivity contribution in [3.63, 3.8) is 0 Å². The topological polar surface area (TPSA) is 41.6 Å². The van der Waals surface area contributed by atoms with E-state index >= 15 is 0 Å². The fourth-order valence-corrected chi connectivity index (χ4v) is 3.66. The van der Waals surface area contributed by atoms with Crippen molar-refractivity contribution in [2.75, 3.05) is 25.5 Å². The third kappa shape index (κ3) is 3.66. The predicted octanol–water partition coefficient (Wildman–Crippen LogP) is 4.02. The molecule has 0 atom stereocenters. The van der Waals surface area contributed by atoms with Crippen LogP contribution in [0.4, 0.5) is 5.69 Å². The molecule has 0 fully saturated rings. The summed E-state index contributed by atoms with van der Waals surface area (Å²) >= 11 is 6.84. The normalized spacial score (nSPS) is 14.0. The van der Waals surface area contributed by atoms with Gasteiger partial charge in [-0.25, -0.2) is 4.79 Å². The summed E-state index contributed by atoms with van der Waals surface area (Å²) in [5.41, 5.74) is 3.32. The first-order valence-corrected chi connectivity index (χ1v) is 8.94. The van der Waals surface area contributed by atoms with E-state index in [1.165, 1.54) is 29.6 Å². The van der Waals surface area contributed by atoms with Gasteiger partial charge >= 0.3 is 5.97 Å². The fraction of sp³-hybridized carbons (Fsp3) is 0.222. The second-order valence-corrected chi connectivity index (χ2v) is 6.68. The number of nitrogens with one attached hydrogen (secondary N) is 1. The molecule has 2 heterocycles. The van der Waals surface area contributed by atoms with Crippen molar-refractivity contribution in [2.24, 2.45) is 0 Å². The van der Waals surface area contributed by atoms with Gasteiger partial charge in [0.05, 0.1) is 12.8 Å². The Morgan fingerprint density at radius 2 is 2.08 bits per heavy atom. The van der Waals surface area contributed by atoms with E-state index in [-0.39, 0.29) is 5.97 Å². The Morgan fingerprint density at radius 3 is 2.75 bits per heavy atom. The van der Waals surface area contributed by atoms with Gasteiger partial charge in [0.1, 0.15) is 4.88 Å². The monoisotopic (exact) mass is 358 g/mol. The lowest BCUT2D eigenvalue weighted by Crippen LogP contribution is -2.37. The maximum atomic E-state index is 11.7. The zero-order chi connectivity index (χ0) is 16.9. The molecule has 3 rings (SSSR count). The molecule has 0 aliphatic carbocycles. The number of rotatable bonds is 3. The minimum atomic E-state index is -0.347. The zero-order valence-electron chi connectivity index (χ0n) is 13.3. The molecule has 0 saturated heterocycles. The number of carbonyl (C=O) groups excluding carboxylic acids is 1. The van der Waals surface area contributed by atoms with Crippen LogP contribution in [0.1, 0.15) is 21.7 Å². The van der Waals surface area contributed by atoms with E-state index in [0.717, 1.165) is 19.5 Å². The van der Waals surface area contributed by atoms with E-state index < -0.39 is 0 Å². The molecule has 0 unspecified atom stereocenters. The van der Waals surface area contributed by atoms with E-state index in [1.54, 1.807) is 0 Å². The molecule has 0 radical (unpaired) electrons. The highest BCUT2D eigenvalue weighted by Gasteiger charge is 2.19. The van der Waals surface area contributed by atoms with Crippen LogP contribution in [-0.4, -0.2) is 36.2 Å². The number of methoxy groups -OCH3 is 1. The van der Waals surface area contributed by atoms with Crippen LogP contribution in [0.15, 0.2) is 47.9 Å². The van der Waals surface area contributed by atoms with Gasteiger partial charge < -0.3 is 15.0 Å². The number of hydrogen-bond donors (Lipinski definition) is 1. The number of hydrogen-bond acceptors (Lipinski definition) is 4. The number of thiocarbonyl (C=S) groups is 1. The van der Waals surface area contributed by atoms with Crippen molar-refractivity contribution in [3.8, 4) is 0 Å². The minimum absolute atomic E-state index is 0.347. The first-order valence-electron chi connectivity index (χ1n) is 7.65. The highest BCUT2D eigenvalue weighted by atomic mass is 32.1. The highest BCUT2D eigenvalue weighted by Crippen LogP contribution is 2.25. The van der Waals surface area contributed by atoms with E-state index in [9.17, 15) is 4.79 Å². The maximum absolute atomic E-state index is 11.7. The van der Waals surface area contributed by atoms with Gasteiger partial charge in [-0.3, -0.25) is 0 Å². The number of benzene rings is 1. The van der Waals surface area contributed by atoms with Crippen molar-refractivity contribution in [3.05, 3.63) is 58.3 Å². The highest BCUT2D eigenvalue weighted by molar-refractivity contribution is 7.80. The predicted molar refractivity (Wildman–Crippen MR) is 102 cm³/mol. The molecule has 24 heavy (non-hydrogen) atoms. The van der Waals surface area contributed by atoms with Crippen LogP contribution in [0, 0.1) is 0 Å². The molecule has 6 heteroatoms. The molecule has 0 spiro atoms. The molecule has 1 aromatic carbocycles. The lowest BCUT2D eigenvalue weighted by Gasteiger charge is -2.29. The molecule has 1 aliphatic rings. The van der Waals surface area contributed by atoms with Gasteiger partial charge in [-0.2, -0.15) is 0 Å². The molecule has 0 bridgehead atoms. The molecule has 2 aromatic rings. The van der Waals surface area contributed by atoms with Gasteiger partial charge in [0.2, 0.25) is 0 Å². The van der Waals surface area contributed by atoms with E-state index in [2.05, 4.69) is 40.6 Å². The Balaban J connectivity index is 1.65. The summed E-state index contributed by atoms with van der Waals surface area (Å²) in [6, 6.07) is 12.2.